The number of rotatable bonds is 4. The van der Waals surface area contributed by atoms with Crippen LogP contribution in [0.4, 0.5) is 0 Å². The molecule has 1 nitrogen and oxygen atoms in total. The molecule has 1 rings (SSSR count). The lowest BCUT2D eigenvalue weighted by Gasteiger charge is -2.31. The molecule has 0 radical (unpaired) electrons. The minimum Gasteiger partial charge on any atom is -0.313 e. The minimum absolute atomic E-state index is 0.337. The van der Waals surface area contributed by atoms with Gasteiger partial charge in [-0.2, -0.15) is 0 Å². The Morgan fingerprint density at radius 1 is 1.16 bits per heavy atom. The van der Waals surface area contributed by atoms with Crippen LogP contribution in [0.5, 0.6) is 0 Å². The molecule has 2 unspecified atom stereocenters. The van der Waals surface area contributed by atoms with Crippen LogP contribution in [0.1, 0.15) is 51.3 Å². The van der Waals surface area contributed by atoms with Gasteiger partial charge in [0, 0.05) is 15.0 Å². The van der Waals surface area contributed by atoms with E-state index in [1.165, 1.54) is 20.1 Å². The summed E-state index contributed by atoms with van der Waals surface area (Å²) in [5.74, 6) is 0.650. The third-order valence-corrected chi connectivity index (χ3v) is 5.61. The Labute approximate surface area is 134 Å². The molecule has 108 valence electrons. The van der Waals surface area contributed by atoms with Gasteiger partial charge in [0.1, 0.15) is 0 Å². The lowest BCUT2D eigenvalue weighted by atomic mass is 9.77. The molecule has 1 N–H and O–H groups in total. The zero-order chi connectivity index (χ0) is 14.8. The van der Waals surface area contributed by atoms with E-state index in [0.717, 1.165) is 6.42 Å². The Bertz CT molecular complexity index is 435. The predicted molar refractivity (Wildman–Crippen MR) is 91.6 cm³/mol. The summed E-state index contributed by atoms with van der Waals surface area (Å²) >= 11 is 7.34. The quantitative estimate of drug-likeness (QED) is 0.679. The molecule has 0 aliphatic carbocycles. The van der Waals surface area contributed by atoms with E-state index in [1.807, 2.05) is 7.05 Å². The third-order valence-electron chi connectivity index (χ3n) is 4.07. The van der Waals surface area contributed by atoms with Crippen LogP contribution in [0.15, 0.2) is 21.1 Å². The maximum Gasteiger partial charge on any atom is 0.0331 e. The van der Waals surface area contributed by atoms with Crippen LogP contribution < -0.4 is 5.32 Å². The van der Waals surface area contributed by atoms with Crippen LogP contribution in [0.2, 0.25) is 0 Å². The van der Waals surface area contributed by atoms with Gasteiger partial charge in [0.05, 0.1) is 0 Å². The zero-order valence-electron chi connectivity index (χ0n) is 12.8. The van der Waals surface area contributed by atoms with Gasteiger partial charge in [-0.3, -0.25) is 0 Å². The molecule has 0 aliphatic rings. The molecule has 1 aromatic carbocycles. The SMILES string of the molecule is CNC(CC(C)C(C)(C)C)c1cc(Br)c(C)cc1Br. The highest BCUT2D eigenvalue weighted by molar-refractivity contribution is 9.11. The van der Waals surface area contributed by atoms with E-state index in [9.17, 15) is 0 Å². The lowest BCUT2D eigenvalue weighted by Crippen LogP contribution is -2.25. The largest absolute Gasteiger partial charge is 0.313 e. The average molecular weight is 391 g/mol. The van der Waals surface area contributed by atoms with Crippen molar-refractivity contribution in [3.8, 4) is 0 Å². The van der Waals surface area contributed by atoms with Crippen molar-refractivity contribution in [1.82, 2.24) is 5.32 Å². The van der Waals surface area contributed by atoms with Crippen molar-refractivity contribution >= 4 is 31.9 Å². The molecule has 0 heterocycles. The highest BCUT2D eigenvalue weighted by Crippen LogP contribution is 2.36. The zero-order valence-corrected chi connectivity index (χ0v) is 15.9. The molecule has 19 heavy (non-hydrogen) atoms. The van der Waals surface area contributed by atoms with E-state index in [4.69, 9.17) is 0 Å². The van der Waals surface area contributed by atoms with E-state index in [2.05, 4.69) is 83.9 Å². The number of aryl methyl sites for hydroxylation is 1. The van der Waals surface area contributed by atoms with Gasteiger partial charge in [0.25, 0.3) is 0 Å². The van der Waals surface area contributed by atoms with Crippen molar-refractivity contribution in [2.75, 3.05) is 7.05 Å². The van der Waals surface area contributed by atoms with Gasteiger partial charge in [0.15, 0.2) is 0 Å². The molecular weight excluding hydrogens is 366 g/mol. The minimum atomic E-state index is 0.337. The van der Waals surface area contributed by atoms with E-state index in [1.54, 1.807) is 0 Å². The summed E-state index contributed by atoms with van der Waals surface area (Å²) in [7, 11) is 2.04. The number of hydrogen-bond acceptors (Lipinski definition) is 1. The van der Waals surface area contributed by atoms with Crippen molar-refractivity contribution in [2.45, 2.75) is 47.1 Å². The first kappa shape index (κ1) is 17.2. The van der Waals surface area contributed by atoms with Gasteiger partial charge in [0.2, 0.25) is 0 Å². The van der Waals surface area contributed by atoms with Crippen LogP contribution in [0.25, 0.3) is 0 Å². The number of halogens is 2. The van der Waals surface area contributed by atoms with Gasteiger partial charge in [-0.15, -0.1) is 0 Å². The molecular formula is C16H25Br2N. The van der Waals surface area contributed by atoms with Gasteiger partial charge in [-0.05, 0) is 55.0 Å². The van der Waals surface area contributed by atoms with E-state index in [0.29, 0.717) is 17.4 Å². The standard InChI is InChI=1S/C16H25Br2N/c1-10-7-14(18)12(9-13(10)17)15(19-6)8-11(2)16(3,4)5/h7,9,11,15,19H,8H2,1-6H3. The molecule has 0 aliphatic heterocycles. The molecule has 0 spiro atoms. The van der Waals surface area contributed by atoms with E-state index >= 15 is 0 Å². The number of benzene rings is 1. The fourth-order valence-corrected chi connectivity index (χ4v) is 3.13. The first-order valence-corrected chi connectivity index (χ1v) is 8.38. The molecule has 0 amide bonds. The summed E-state index contributed by atoms with van der Waals surface area (Å²) in [4.78, 5) is 0. The van der Waals surface area contributed by atoms with E-state index < -0.39 is 0 Å². The molecule has 0 saturated carbocycles. The summed E-state index contributed by atoms with van der Waals surface area (Å²) in [6.07, 6.45) is 1.13. The van der Waals surface area contributed by atoms with Crippen molar-refractivity contribution < 1.29 is 0 Å². The average Bonchev–Trinajstić information content (AvgIpc) is 2.29. The summed E-state index contributed by atoms with van der Waals surface area (Å²) in [5, 5.41) is 3.46. The molecule has 2 atom stereocenters. The first-order chi connectivity index (χ1) is 8.66. The summed E-state index contributed by atoms with van der Waals surface area (Å²) in [5.41, 5.74) is 2.93. The molecule has 0 bridgehead atoms. The Morgan fingerprint density at radius 2 is 1.74 bits per heavy atom. The number of hydrogen-bond donors (Lipinski definition) is 1. The molecule has 1 aromatic rings. The van der Waals surface area contributed by atoms with Crippen molar-refractivity contribution in [1.29, 1.82) is 0 Å². The first-order valence-electron chi connectivity index (χ1n) is 6.79. The topological polar surface area (TPSA) is 12.0 Å². The Balaban J connectivity index is 3.01. The Hall–Kier alpha value is 0.140. The van der Waals surface area contributed by atoms with Gasteiger partial charge < -0.3 is 5.32 Å². The predicted octanol–water partition coefficient (Wildman–Crippen LogP) is 5.85. The monoisotopic (exact) mass is 389 g/mol. The maximum atomic E-state index is 3.70. The molecule has 0 saturated heterocycles. The highest BCUT2D eigenvalue weighted by Gasteiger charge is 2.25. The summed E-state index contributed by atoms with van der Waals surface area (Å²) in [6, 6.07) is 4.79. The fraction of sp³-hybridized carbons (Fsp3) is 0.625. The van der Waals surface area contributed by atoms with Crippen molar-refractivity contribution in [2.24, 2.45) is 11.3 Å². The highest BCUT2D eigenvalue weighted by atomic mass is 79.9. The lowest BCUT2D eigenvalue weighted by molar-refractivity contribution is 0.226. The maximum absolute atomic E-state index is 3.70. The Morgan fingerprint density at radius 3 is 2.21 bits per heavy atom. The second-order valence-electron chi connectivity index (χ2n) is 6.47. The van der Waals surface area contributed by atoms with Gasteiger partial charge in [-0.1, -0.05) is 59.6 Å². The van der Waals surface area contributed by atoms with Crippen molar-refractivity contribution in [3.05, 3.63) is 32.2 Å². The third kappa shape index (κ3) is 4.57. The summed E-state index contributed by atoms with van der Waals surface area (Å²) < 4.78 is 2.36. The Kier molecular flexibility index (Phi) is 6.09. The second kappa shape index (κ2) is 6.73. The summed E-state index contributed by atoms with van der Waals surface area (Å²) in [6.45, 7) is 11.4. The van der Waals surface area contributed by atoms with Gasteiger partial charge >= 0.3 is 0 Å². The fourth-order valence-electron chi connectivity index (χ4n) is 2.04. The normalized spacial score (nSPS) is 15.4. The van der Waals surface area contributed by atoms with Crippen LogP contribution in [0.3, 0.4) is 0 Å². The van der Waals surface area contributed by atoms with E-state index in [-0.39, 0.29) is 0 Å². The van der Waals surface area contributed by atoms with Crippen molar-refractivity contribution in [3.63, 3.8) is 0 Å². The van der Waals surface area contributed by atoms with Crippen LogP contribution in [0, 0.1) is 18.3 Å². The van der Waals surface area contributed by atoms with Gasteiger partial charge in [-0.25, -0.2) is 0 Å². The molecule has 0 fully saturated rings. The molecule has 3 heteroatoms. The molecule has 0 aromatic heterocycles. The van der Waals surface area contributed by atoms with Crippen LogP contribution in [-0.4, -0.2) is 7.05 Å². The number of nitrogens with one attached hydrogen (secondary N) is 1. The smallest absolute Gasteiger partial charge is 0.0331 e. The van der Waals surface area contributed by atoms with Crippen LogP contribution in [-0.2, 0) is 0 Å². The second-order valence-corrected chi connectivity index (χ2v) is 8.18. The van der Waals surface area contributed by atoms with Crippen LogP contribution >= 0.6 is 31.9 Å².